The van der Waals surface area contributed by atoms with E-state index >= 15 is 0 Å². The number of hydrogen-bond acceptors (Lipinski definition) is 6. The van der Waals surface area contributed by atoms with Gasteiger partial charge in [0.15, 0.2) is 0 Å². The molecule has 0 saturated heterocycles. The summed E-state index contributed by atoms with van der Waals surface area (Å²) in [5, 5.41) is 2.76. The average molecular weight is 359 g/mol. The number of ether oxygens (including phenoxy) is 3. The van der Waals surface area contributed by atoms with E-state index in [1.54, 1.807) is 12.3 Å². The molecular formula is C19H25N3O4. The molecule has 2 rings (SSSR count). The highest BCUT2D eigenvalue weighted by Crippen LogP contribution is 2.25. The predicted molar refractivity (Wildman–Crippen MR) is 98.2 cm³/mol. The molecule has 0 aliphatic heterocycles. The van der Waals surface area contributed by atoms with Crippen molar-refractivity contribution in [3.63, 3.8) is 0 Å². The van der Waals surface area contributed by atoms with Gasteiger partial charge in [0.05, 0.1) is 13.2 Å². The molecule has 0 saturated carbocycles. The Morgan fingerprint density at radius 3 is 2.65 bits per heavy atom. The maximum atomic E-state index is 11.9. The minimum Gasteiger partial charge on any atom is -0.494 e. The van der Waals surface area contributed by atoms with Crippen molar-refractivity contribution in [3.8, 4) is 17.4 Å². The van der Waals surface area contributed by atoms with Crippen LogP contribution in [0, 0.1) is 0 Å². The summed E-state index contributed by atoms with van der Waals surface area (Å²) >= 11 is 0. The third kappa shape index (κ3) is 6.02. The van der Waals surface area contributed by atoms with Crippen molar-refractivity contribution in [2.75, 3.05) is 20.3 Å². The van der Waals surface area contributed by atoms with Crippen LogP contribution in [-0.4, -0.2) is 37.3 Å². The van der Waals surface area contributed by atoms with Gasteiger partial charge in [-0.15, -0.1) is 0 Å². The van der Waals surface area contributed by atoms with Gasteiger partial charge in [-0.25, -0.2) is 4.98 Å². The second-order valence-corrected chi connectivity index (χ2v) is 5.67. The SMILES string of the molecule is CCCOc1ccc(Oc2ncccc2CNC(=O)C(N)COC)cc1. The number of nitrogens with two attached hydrogens (primary N) is 1. The third-order valence-corrected chi connectivity index (χ3v) is 3.50. The van der Waals surface area contributed by atoms with Crippen molar-refractivity contribution in [1.82, 2.24) is 10.3 Å². The van der Waals surface area contributed by atoms with Crippen LogP contribution in [0.15, 0.2) is 42.6 Å². The summed E-state index contributed by atoms with van der Waals surface area (Å²) in [5.74, 6) is 1.56. The average Bonchev–Trinajstić information content (AvgIpc) is 2.66. The van der Waals surface area contributed by atoms with Crippen molar-refractivity contribution >= 4 is 5.91 Å². The van der Waals surface area contributed by atoms with Crippen LogP contribution in [0.5, 0.6) is 17.4 Å². The molecule has 0 bridgehead atoms. The van der Waals surface area contributed by atoms with Crippen molar-refractivity contribution in [2.45, 2.75) is 25.9 Å². The Morgan fingerprint density at radius 2 is 1.96 bits per heavy atom. The molecule has 1 heterocycles. The van der Waals surface area contributed by atoms with Crippen LogP contribution in [0.1, 0.15) is 18.9 Å². The molecule has 7 nitrogen and oxygen atoms in total. The first-order chi connectivity index (χ1) is 12.6. The van der Waals surface area contributed by atoms with Crippen LogP contribution in [-0.2, 0) is 16.1 Å². The molecule has 3 N–H and O–H groups in total. The first-order valence-corrected chi connectivity index (χ1v) is 8.51. The van der Waals surface area contributed by atoms with E-state index in [0.717, 1.165) is 17.7 Å². The molecule has 0 aliphatic carbocycles. The van der Waals surface area contributed by atoms with Gasteiger partial charge >= 0.3 is 0 Å². The Hall–Kier alpha value is -2.64. The van der Waals surface area contributed by atoms with Gasteiger partial charge in [-0.05, 0) is 36.8 Å². The fourth-order valence-electron chi connectivity index (χ4n) is 2.15. The molecule has 0 spiro atoms. The molecule has 2 aromatic rings. The van der Waals surface area contributed by atoms with Crippen molar-refractivity contribution in [1.29, 1.82) is 0 Å². The van der Waals surface area contributed by atoms with E-state index in [0.29, 0.717) is 18.2 Å². The highest BCUT2D eigenvalue weighted by atomic mass is 16.5. The monoisotopic (exact) mass is 359 g/mol. The highest BCUT2D eigenvalue weighted by Gasteiger charge is 2.14. The smallest absolute Gasteiger partial charge is 0.239 e. The van der Waals surface area contributed by atoms with Gasteiger partial charge in [-0.1, -0.05) is 13.0 Å². The van der Waals surface area contributed by atoms with E-state index < -0.39 is 6.04 Å². The minimum atomic E-state index is -0.711. The topological polar surface area (TPSA) is 95.7 Å². The van der Waals surface area contributed by atoms with E-state index in [2.05, 4.69) is 17.2 Å². The van der Waals surface area contributed by atoms with Gasteiger partial charge in [0.25, 0.3) is 0 Å². The minimum absolute atomic E-state index is 0.161. The highest BCUT2D eigenvalue weighted by molar-refractivity contribution is 5.81. The number of nitrogens with zero attached hydrogens (tertiary/aromatic N) is 1. The first kappa shape index (κ1) is 19.7. The summed E-state index contributed by atoms with van der Waals surface area (Å²) in [4.78, 5) is 16.2. The number of hydrogen-bond donors (Lipinski definition) is 2. The van der Waals surface area contributed by atoms with Gasteiger partial charge in [-0.2, -0.15) is 0 Å². The zero-order valence-corrected chi connectivity index (χ0v) is 15.1. The van der Waals surface area contributed by atoms with Crippen molar-refractivity contribution in [3.05, 3.63) is 48.2 Å². The first-order valence-electron chi connectivity index (χ1n) is 8.51. The number of pyridine rings is 1. The van der Waals surface area contributed by atoms with Gasteiger partial charge in [0, 0.05) is 25.4 Å². The van der Waals surface area contributed by atoms with Crippen LogP contribution in [0.4, 0.5) is 0 Å². The summed E-state index contributed by atoms with van der Waals surface area (Å²) in [7, 11) is 1.50. The normalized spacial score (nSPS) is 11.7. The van der Waals surface area contributed by atoms with Gasteiger partial charge in [0.2, 0.25) is 11.8 Å². The second kappa shape index (κ2) is 10.4. The Labute approximate surface area is 153 Å². The summed E-state index contributed by atoms with van der Waals surface area (Å²) < 4.78 is 16.3. The largest absolute Gasteiger partial charge is 0.494 e. The lowest BCUT2D eigenvalue weighted by Crippen LogP contribution is -2.43. The Morgan fingerprint density at radius 1 is 1.23 bits per heavy atom. The molecule has 1 atom stereocenters. The number of aromatic nitrogens is 1. The molecule has 0 fully saturated rings. The van der Waals surface area contributed by atoms with Crippen LogP contribution in [0.2, 0.25) is 0 Å². The fourth-order valence-corrected chi connectivity index (χ4v) is 2.15. The van der Waals surface area contributed by atoms with Gasteiger partial charge in [0.1, 0.15) is 17.5 Å². The Balaban J connectivity index is 1.99. The van der Waals surface area contributed by atoms with E-state index in [-0.39, 0.29) is 19.1 Å². The fraction of sp³-hybridized carbons (Fsp3) is 0.368. The number of rotatable bonds is 10. The molecular weight excluding hydrogens is 334 g/mol. The number of methoxy groups -OCH3 is 1. The maximum absolute atomic E-state index is 11.9. The van der Waals surface area contributed by atoms with E-state index in [1.807, 2.05) is 30.3 Å². The molecule has 1 amide bonds. The zero-order chi connectivity index (χ0) is 18.8. The summed E-state index contributed by atoms with van der Waals surface area (Å²) in [6, 6.07) is 10.2. The zero-order valence-electron chi connectivity index (χ0n) is 15.1. The molecule has 26 heavy (non-hydrogen) atoms. The number of benzene rings is 1. The molecule has 140 valence electrons. The summed E-state index contributed by atoms with van der Waals surface area (Å²) in [6.07, 6.45) is 2.59. The van der Waals surface area contributed by atoms with E-state index in [1.165, 1.54) is 7.11 Å². The summed E-state index contributed by atoms with van der Waals surface area (Å²) in [5.41, 5.74) is 6.45. The van der Waals surface area contributed by atoms with Crippen molar-refractivity contribution < 1.29 is 19.0 Å². The van der Waals surface area contributed by atoms with Crippen LogP contribution in [0.25, 0.3) is 0 Å². The quantitative estimate of drug-likeness (QED) is 0.675. The molecule has 0 radical (unpaired) electrons. The Kier molecular flexibility index (Phi) is 7.85. The lowest BCUT2D eigenvalue weighted by molar-refractivity contribution is -0.123. The predicted octanol–water partition coefficient (Wildman–Crippen LogP) is 2.25. The number of nitrogens with one attached hydrogen (secondary N) is 1. The Bertz CT molecular complexity index is 691. The van der Waals surface area contributed by atoms with Crippen LogP contribution < -0.4 is 20.5 Å². The molecule has 1 aromatic carbocycles. The standard InChI is InChI=1S/C19H25N3O4/c1-3-11-25-15-6-8-16(9-7-15)26-19-14(5-4-10-21-19)12-22-18(23)17(20)13-24-2/h4-10,17H,3,11-13,20H2,1-2H3,(H,22,23). The van der Waals surface area contributed by atoms with Crippen LogP contribution >= 0.6 is 0 Å². The molecule has 0 aliphatic rings. The van der Waals surface area contributed by atoms with Gasteiger partial charge in [-0.3, -0.25) is 4.79 Å². The van der Waals surface area contributed by atoms with E-state index in [9.17, 15) is 4.79 Å². The van der Waals surface area contributed by atoms with Crippen molar-refractivity contribution in [2.24, 2.45) is 5.73 Å². The second-order valence-electron chi connectivity index (χ2n) is 5.67. The van der Waals surface area contributed by atoms with E-state index in [4.69, 9.17) is 19.9 Å². The third-order valence-electron chi connectivity index (χ3n) is 3.50. The maximum Gasteiger partial charge on any atom is 0.239 e. The number of carbonyl (C=O) groups is 1. The lowest BCUT2D eigenvalue weighted by Gasteiger charge is -2.13. The lowest BCUT2D eigenvalue weighted by atomic mass is 10.2. The molecule has 7 heteroatoms. The number of amides is 1. The number of carbonyl (C=O) groups excluding carboxylic acids is 1. The molecule has 1 aromatic heterocycles. The van der Waals surface area contributed by atoms with Gasteiger partial charge < -0.3 is 25.3 Å². The molecule has 1 unspecified atom stereocenters. The van der Waals surface area contributed by atoms with Crippen LogP contribution in [0.3, 0.4) is 0 Å². The summed E-state index contributed by atoms with van der Waals surface area (Å²) in [6.45, 7) is 3.16.